The highest BCUT2D eigenvalue weighted by atomic mass is 16.5. The number of amides is 6. The van der Waals surface area contributed by atoms with Gasteiger partial charge in [0.15, 0.2) is 6.10 Å². The third-order valence-corrected chi connectivity index (χ3v) is 12.2. The first-order valence-corrected chi connectivity index (χ1v) is 21.6. The lowest BCUT2D eigenvalue weighted by Crippen LogP contribution is -2.66. The molecule has 0 radical (unpaired) electrons. The maximum Gasteiger partial charge on any atom is 0.329 e. The Bertz CT molecular complexity index is 1900. The molecule has 2 bridgehead atoms. The highest BCUT2D eigenvalue weighted by molar-refractivity contribution is 5.98. The van der Waals surface area contributed by atoms with Crippen LogP contribution >= 0.6 is 0 Å². The van der Waals surface area contributed by atoms with E-state index in [1.807, 2.05) is 6.92 Å². The Labute approximate surface area is 368 Å². The molecule has 2 heterocycles. The number of nitrogens with zero attached hydrogens (tertiary/aromatic N) is 2. The molecule has 63 heavy (non-hydrogen) atoms. The topological polar surface area (TPSA) is 253 Å². The highest BCUT2D eigenvalue weighted by Gasteiger charge is 2.47. The number of likely N-dealkylation sites (N-methyl/N-ethyl adjacent to an activating group) is 1. The standard InChI is InChI=1S/C45H64N6O12/c1-8-25(3)36-45(61)63-27(5)37(49-41(57)34(24-52)62-7)42(58)46-31(20-17-28-15-18-30(53)19-16-28)39(55)47-32-21-22-35(54)51(43(32)59)38(26(4)9-2)44(60)50(6)33(40(56)48-36)23-29-13-11-10-12-14-29/h10-16,18-19,25-27,31-38,52-54H,8-9,17,20-24H2,1-7H3,(H,46,58)(H,47,55)(H,48,56)(H,49,57). The maximum atomic E-state index is 14.8. The van der Waals surface area contributed by atoms with Crippen LogP contribution in [0.5, 0.6) is 5.75 Å². The van der Waals surface area contributed by atoms with Gasteiger partial charge in [-0.1, -0.05) is 83.0 Å². The zero-order valence-corrected chi connectivity index (χ0v) is 37.1. The number of cyclic esters (lactones) is 1. The van der Waals surface area contributed by atoms with Gasteiger partial charge in [-0.15, -0.1) is 0 Å². The Balaban J connectivity index is 1.88. The van der Waals surface area contributed by atoms with Crippen molar-refractivity contribution in [2.75, 3.05) is 20.8 Å². The van der Waals surface area contributed by atoms with E-state index in [9.17, 15) is 48.9 Å². The molecule has 2 aromatic rings. The summed E-state index contributed by atoms with van der Waals surface area (Å²) in [5.74, 6) is -6.84. The largest absolute Gasteiger partial charge is 0.508 e. The van der Waals surface area contributed by atoms with E-state index in [1.165, 1.54) is 38.1 Å². The number of aromatic hydroxyl groups is 1. The molecule has 346 valence electrons. The number of methoxy groups -OCH3 is 1. The van der Waals surface area contributed by atoms with Gasteiger partial charge in [0.05, 0.1) is 6.61 Å². The van der Waals surface area contributed by atoms with Crippen molar-refractivity contribution in [1.29, 1.82) is 0 Å². The number of aliphatic hydroxyl groups excluding tert-OH is 2. The third kappa shape index (κ3) is 12.8. The van der Waals surface area contributed by atoms with Gasteiger partial charge in [-0.25, -0.2) is 4.79 Å². The Morgan fingerprint density at radius 2 is 1.52 bits per heavy atom. The monoisotopic (exact) mass is 880 g/mol. The second kappa shape index (κ2) is 23.2. The number of hydrogen-bond acceptors (Lipinski definition) is 12. The van der Waals surface area contributed by atoms with E-state index >= 15 is 0 Å². The fourth-order valence-electron chi connectivity index (χ4n) is 7.75. The summed E-state index contributed by atoms with van der Waals surface area (Å²) in [4.78, 5) is 102. The molecule has 2 aliphatic rings. The first-order chi connectivity index (χ1) is 29.9. The second-order valence-corrected chi connectivity index (χ2v) is 16.5. The molecule has 0 aromatic heterocycles. The van der Waals surface area contributed by atoms with Crippen molar-refractivity contribution in [3.63, 3.8) is 0 Å². The van der Waals surface area contributed by atoms with Gasteiger partial charge in [0.25, 0.3) is 5.91 Å². The van der Waals surface area contributed by atoms with Gasteiger partial charge in [-0.2, -0.15) is 0 Å². The van der Waals surface area contributed by atoms with Gasteiger partial charge < -0.3 is 55.9 Å². The van der Waals surface area contributed by atoms with Gasteiger partial charge in [0.1, 0.15) is 54.3 Å². The van der Waals surface area contributed by atoms with Crippen LogP contribution in [0.1, 0.15) is 77.8 Å². The minimum absolute atomic E-state index is 0.00132. The number of esters is 1. The van der Waals surface area contributed by atoms with Crippen molar-refractivity contribution >= 4 is 41.4 Å². The smallest absolute Gasteiger partial charge is 0.329 e. The van der Waals surface area contributed by atoms with Crippen LogP contribution in [0.25, 0.3) is 0 Å². The van der Waals surface area contributed by atoms with Crippen LogP contribution in [-0.2, 0) is 55.9 Å². The van der Waals surface area contributed by atoms with Crippen LogP contribution in [0.2, 0.25) is 0 Å². The Kier molecular flexibility index (Phi) is 18.4. The number of aryl methyl sites for hydroxylation is 1. The normalized spacial score (nSPS) is 27.1. The quantitative estimate of drug-likeness (QED) is 0.137. The van der Waals surface area contributed by atoms with Crippen molar-refractivity contribution in [3.8, 4) is 5.75 Å². The lowest BCUT2D eigenvalue weighted by molar-refractivity contribution is -0.168. The SMILES string of the molecule is CCC(C)C1NC(=O)C(Cc2ccccc2)N(C)C(=O)C(C(C)CC)N2C(=O)C(CCC2O)NC(=O)C(CCc2ccc(O)cc2)NC(=O)C(NC(=O)C(CO)OC)C(C)OC1=O. The number of rotatable bonds is 13. The van der Waals surface area contributed by atoms with Crippen LogP contribution in [0.4, 0.5) is 0 Å². The fourth-order valence-corrected chi connectivity index (χ4v) is 7.75. The van der Waals surface area contributed by atoms with Crippen molar-refractivity contribution in [1.82, 2.24) is 31.1 Å². The molecule has 2 saturated heterocycles. The summed E-state index contributed by atoms with van der Waals surface area (Å²) in [5.41, 5.74) is 1.37. The number of fused-ring (bicyclic) bond motifs is 2. The summed E-state index contributed by atoms with van der Waals surface area (Å²) in [6.45, 7) is 7.65. The molecular weight excluding hydrogens is 817 g/mol. The summed E-state index contributed by atoms with van der Waals surface area (Å²) in [6.07, 6.45) is -3.42. The number of benzene rings is 2. The fraction of sp³-hybridized carbons (Fsp3) is 0.578. The minimum Gasteiger partial charge on any atom is -0.508 e. The number of phenols is 1. The number of ether oxygens (including phenoxy) is 2. The Morgan fingerprint density at radius 3 is 2.13 bits per heavy atom. The van der Waals surface area contributed by atoms with Crippen LogP contribution in [0.15, 0.2) is 54.6 Å². The number of phenolic OH excluding ortho intramolecular Hbond substituents is 1. The molecule has 2 fully saturated rings. The molecule has 11 unspecified atom stereocenters. The summed E-state index contributed by atoms with van der Waals surface area (Å²) < 4.78 is 10.9. The van der Waals surface area contributed by atoms with Gasteiger partial charge in [-0.3, -0.25) is 28.8 Å². The average molecular weight is 881 g/mol. The van der Waals surface area contributed by atoms with E-state index in [0.717, 1.165) is 4.90 Å². The average Bonchev–Trinajstić information content (AvgIpc) is 3.27. The van der Waals surface area contributed by atoms with E-state index in [-0.39, 0.29) is 37.9 Å². The van der Waals surface area contributed by atoms with E-state index in [2.05, 4.69) is 21.3 Å². The summed E-state index contributed by atoms with van der Waals surface area (Å²) in [7, 11) is 2.60. The van der Waals surface area contributed by atoms with E-state index in [1.54, 1.807) is 63.2 Å². The molecule has 6 amide bonds. The number of nitrogens with one attached hydrogen (secondary N) is 4. The molecule has 18 heteroatoms. The number of aliphatic hydroxyl groups is 2. The maximum absolute atomic E-state index is 14.8. The lowest BCUT2D eigenvalue weighted by Gasteiger charge is -2.44. The van der Waals surface area contributed by atoms with Crippen LogP contribution < -0.4 is 21.3 Å². The van der Waals surface area contributed by atoms with Crippen LogP contribution in [-0.4, -0.2) is 142 Å². The Hall–Kier alpha value is -5.59. The molecule has 0 saturated carbocycles. The van der Waals surface area contributed by atoms with Crippen molar-refractivity contribution in [2.24, 2.45) is 11.8 Å². The van der Waals surface area contributed by atoms with E-state index in [4.69, 9.17) is 9.47 Å². The van der Waals surface area contributed by atoms with Gasteiger partial charge in [-0.05, 0) is 67.7 Å². The molecule has 2 aliphatic heterocycles. The van der Waals surface area contributed by atoms with Crippen LogP contribution in [0, 0.1) is 11.8 Å². The molecule has 18 nitrogen and oxygen atoms in total. The summed E-state index contributed by atoms with van der Waals surface area (Å²) in [5, 5.41) is 41.7. The Morgan fingerprint density at radius 1 is 0.873 bits per heavy atom. The number of carbonyl (C=O) groups is 7. The van der Waals surface area contributed by atoms with Crippen molar-refractivity contribution in [3.05, 3.63) is 65.7 Å². The molecule has 7 N–H and O–H groups in total. The van der Waals surface area contributed by atoms with Gasteiger partial charge in [0, 0.05) is 20.6 Å². The summed E-state index contributed by atoms with van der Waals surface area (Å²) >= 11 is 0. The summed E-state index contributed by atoms with van der Waals surface area (Å²) in [6, 6.07) is 6.94. The van der Waals surface area contributed by atoms with E-state index < -0.39 is 115 Å². The molecule has 11 atom stereocenters. The van der Waals surface area contributed by atoms with Crippen LogP contribution in [0.3, 0.4) is 0 Å². The van der Waals surface area contributed by atoms with Crippen molar-refractivity contribution < 1.29 is 58.4 Å². The molecule has 0 aliphatic carbocycles. The lowest BCUT2D eigenvalue weighted by atomic mass is 9.91. The van der Waals surface area contributed by atoms with E-state index in [0.29, 0.717) is 24.0 Å². The second-order valence-electron chi connectivity index (χ2n) is 16.5. The minimum atomic E-state index is -1.68. The highest BCUT2D eigenvalue weighted by Crippen LogP contribution is 2.28. The molecule has 2 aromatic carbocycles. The third-order valence-electron chi connectivity index (χ3n) is 12.2. The predicted molar refractivity (Wildman–Crippen MR) is 229 cm³/mol. The first kappa shape index (κ1) is 50.1. The molecular formula is C45H64N6O12. The molecule has 0 spiro atoms. The number of piperidine rings is 1. The number of carbonyl (C=O) groups excluding carboxylic acids is 7. The zero-order chi connectivity index (χ0) is 46.5. The molecule has 4 rings (SSSR count). The van der Waals surface area contributed by atoms with Gasteiger partial charge >= 0.3 is 5.97 Å². The van der Waals surface area contributed by atoms with Crippen molar-refractivity contribution in [2.45, 2.75) is 134 Å². The predicted octanol–water partition coefficient (Wildman–Crippen LogP) is 0.688. The first-order valence-electron chi connectivity index (χ1n) is 21.6. The van der Waals surface area contributed by atoms with Gasteiger partial charge in [0.2, 0.25) is 29.5 Å². The zero-order valence-electron chi connectivity index (χ0n) is 37.1. The number of hydrogen-bond donors (Lipinski definition) is 7.